The normalized spacial score (nSPS) is 15.6. The Hall–Kier alpha value is -2.91. The topological polar surface area (TPSA) is 67.0 Å². The van der Waals surface area contributed by atoms with Crippen molar-refractivity contribution in [3.63, 3.8) is 0 Å². The molecule has 1 aliphatic rings. The highest BCUT2D eigenvalue weighted by Gasteiger charge is 2.22. The number of hydrogen-bond acceptors (Lipinski definition) is 5. The van der Waals surface area contributed by atoms with Crippen LogP contribution in [0.3, 0.4) is 0 Å². The Labute approximate surface area is 165 Å². The number of pyridine rings is 1. The predicted molar refractivity (Wildman–Crippen MR) is 108 cm³/mol. The molecule has 3 aromatic rings. The lowest BCUT2D eigenvalue weighted by Gasteiger charge is -2.30. The van der Waals surface area contributed by atoms with Crippen LogP contribution in [0.1, 0.15) is 24.2 Å². The van der Waals surface area contributed by atoms with E-state index >= 15 is 0 Å². The molecule has 0 radical (unpaired) electrons. The highest BCUT2D eigenvalue weighted by atomic mass is 16.5. The van der Waals surface area contributed by atoms with Crippen LogP contribution in [0.15, 0.2) is 42.6 Å². The van der Waals surface area contributed by atoms with E-state index in [0.717, 1.165) is 61.6 Å². The first-order chi connectivity index (χ1) is 13.8. The predicted octanol–water partition coefficient (Wildman–Crippen LogP) is 3.27. The molecule has 0 bridgehead atoms. The van der Waals surface area contributed by atoms with E-state index in [-0.39, 0.29) is 0 Å². The third-order valence-electron chi connectivity index (χ3n) is 5.56. The smallest absolute Gasteiger partial charge is 0.160 e. The summed E-state index contributed by atoms with van der Waals surface area (Å²) in [5.74, 6) is 2.56. The van der Waals surface area contributed by atoms with Gasteiger partial charge in [-0.1, -0.05) is 12.1 Å². The van der Waals surface area contributed by atoms with Gasteiger partial charge < -0.3 is 9.30 Å². The van der Waals surface area contributed by atoms with Gasteiger partial charge in [0.1, 0.15) is 17.1 Å². The second-order valence-corrected chi connectivity index (χ2v) is 7.39. The third-order valence-corrected chi connectivity index (χ3v) is 5.56. The summed E-state index contributed by atoms with van der Waals surface area (Å²) >= 11 is 0. The van der Waals surface area contributed by atoms with Crippen molar-refractivity contribution in [3.8, 4) is 11.8 Å². The number of fused-ring (bicyclic) bond motifs is 1. The summed E-state index contributed by atoms with van der Waals surface area (Å²) in [6.07, 6.45) is 5.01. The van der Waals surface area contributed by atoms with Gasteiger partial charge >= 0.3 is 0 Å². The summed E-state index contributed by atoms with van der Waals surface area (Å²) in [5, 5.41) is 8.89. The van der Waals surface area contributed by atoms with Crippen LogP contribution in [0.4, 0.5) is 0 Å². The molecule has 0 atom stereocenters. The van der Waals surface area contributed by atoms with Crippen molar-refractivity contribution in [3.05, 3.63) is 54.0 Å². The quantitative estimate of drug-likeness (QED) is 0.619. The van der Waals surface area contributed by atoms with Gasteiger partial charge in [0.15, 0.2) is 5.65 Å². The molecule has 4 rings (SSSR count). The second kappa shape index (κ2) is 8.41. The van der Waals surface area contributed by atoms with Crippen molar-refractivity contribution in [2.75, 3.05) is 26.7 Å². The van der Waals surface area contributed by atoms with Crippen LogP contribution in [0.2, 0.25) is 0 Å². The zero-order chi connectivity index (χ0) is 19.3. The fourth-order valence-electron chi connectivity index (χ4n) is 3.95. The molecule has 1 aliphatic heterocycles. The Morgan fingerprint density at radius 3 is 2.68 bits per heavy atom. The van der Waals surface area contributed by atoms with Crippen LogP contribution in [0.5, 0.6) is 5.75 Å². The van der Waals surface area contributed by atoms with Crippen LogP contribution < -0.4 is 4.74 Å². The summed E-state index contributed by atoms with van der Waals surface area (Å²) in [4.78, 5) is 11.7. The molecule has 144 valence electrons. The van der Waals surface area contributed by atoms with Crippen molar-refractivity contribution in [2.45, 2.75) is 25.8 Å². The number of piperidine rings is 1. The van der Waals surface area contributed by atoms with Crippen LogP contribution in [0, 0.1) is 17.2 Å². The van der Waals surface area contributed by atoms with Gasteiger partial charge in [0.2, 0.25) is 0 Å². The molecule has 2 aromatic heterocycles. The van der Waals surface area contributed by atoms with Crippen molar-refractivity contribution < 1.29 is 4.74 Å². The molecule has 1 fully saturated rings. The molecule has 0 aliphatic carbocycles. The van der Waals surface area contributed by atoms with Crippen molar-refractivity contribution in [1.29, 1.82) is 5.26 Å². The van der Waals surface area contributed by atoms with E-state index in [1.807, 2.05) is 30.5 Å². The van der Waals surface area contributed by atoms with Gasteiger partial charge in [0.05, 0.1) is 26.3 Å². The molecule has 0 spiro atoms. The minimum absolute atomic E-state index is 0.534. The Kier molecular flexibility index (Phi) is 5.54. The Balaban J connectivity index is 1.56. The van der Waals surface area contributed by atoms with Crippen molar-refractivity contribution in [2.24, 2.45) is 5.92 Å². The number of methoxy groups -OCH3 is 1. The summed E-state index contributed by atoms with van der Waals surface area (Å²) in [6.45, 7) is 3.27. The Morgan fingerprint density at radius 1 is 1.18 bits per heavy atom. The van der Waals surface area contributed by atoms with Crippen LogP contribution >= 0.6 is 0 Å². The minimum Gasteiger partial charge on any atom is -0.497 e. The number of hydrogen-bond donors (Lipinski definition) is 0. The third kappa shape index (κ3) is 4.00. The fraction of sp³-hybridized carbons (Fsp3) is 0.409. The molecule has 0 unspecified atom stereocenters. The molecule has 6 heteroatoms. The number of rotatable bonds is 6. The molecule has 3 heterocycles. The first-order valence-corrected chi connectivity index (χ1v) is 9.79. The van der Waals surface area contributed by atoms with Crippen LogP contribution in [-0.2, 0) is 13.0 Å². The Bertz CT molecular complexity index is 965. The molecular weight excluding hydrogens is 350 g/mol. The number of imidazole rings is 1. The van der Waals surface area contributed by atoms with Crippen molar-refractivity contribution in [1.82, 2.24) is 19.4 Å². The number of aromatic nitrogens is 3. The van der Waals surface area contributed by atoms with E-state index in [9.17, 15) is 0 Å². The average molecular weight is 375 g/mol. The van der Waals surface area contributed by atoms with E-state index < -0.39 is 0 Å². The zero-order valence-electron chi connectivity index (χ0n) is 16.2. The SMILES string of the molecule is COc1ccc(Cn2c(CC3CCN(CC#N)CC3)nc3cccnc32)cc1. The van der Waals surface area contributed by atoms with E-state index in [4.69, 9.17) is 15.0 Å². The van der Waals surface area contributed by atoms with Gasteiger partial charge in [-0.05, 0) is 61.7 Å². The molecule has 6 nitrogen and oxygen atoms in total. The fourth-order valence-corrected chi connectivity index (χ4v) is 3.95. The van der Waals surface area contributed by atoms with Crippen molar-refractivity contribution >= 4 is 11.2 Å². The number of benzene rings is 1. The molecule has 28 heavy (non-hydrogen) atoms. The maximum atomic E-state index is 8.89. The van der Waals surface area contributed by atoms with Gasteiger partial charge in [-0.3, -0.25) is 4.90 Å². The van der Waals surface area contributed by atoms with E-state index in [0.29, 0.717) is 12.5 Å². The van der Waals surface area contributed by atoms with E-state index in [1.165, 1.54) is 5.56 Å². The van der Waals surface area contributed by atoms with Gasteiger partial charge in [0.25, 0.3) is 0 Å². The number of likely N-dealkylation sites (tertiary alicyclic amines) is 1. The molecule has 1 aromatic carbocycles. The monoisotopic (exact) mass is 375 g/mol. The van der Waals surface area contributed by atoms with Gasteiger partial charge in [-0.15, -0.1) is 0 Å². The summed E-state index contributed by atoms with van der Waals surface area (Å²) in [5.41, 5.74) is 3.10. The summed E-state index contributed by atoms with van der Waals surface area (Å²) < 4.78 is 7.52. The molecule has 0 saturated carbocycles. The number of nitriles is 1. The van der Waals surface area contributed by atoms with Gasteiger partial charge in [0, 0.05) is 12.6 Å². The standard InChI is InChI=1S/C22H25N5O/c1-28-19-6-4-18(5-7-19)16-27-21(25-20-3-2-11-24-22(20)27)15-17-8-12-26(13-9-17)14-10-23/h2-7,11,17H,8-9,12-16H2,1H3. The van der Waals surface area contributed by atoms with Gasteiger partial charge in [-0.25, -0.2) is 9.97 Å². The molecular formula is C22H25N5O. The maximum Gasteiger partial charge on any atom is 0.160 e. The number of ether oxygens (including phenoxy) is 1. The van der Waals surface area contributed by atoms with Gasteiger partial charge in [-0.2, -0.15) is 5.26 Å². The first kappa shape index (κ1) is 18.5. The average Bonchev–Trinajstić information content (AvgIpc) is 3.07. The lowest BCUT2D eigenvalue weighted by molar-refractivity contribution is 0.200. The van der Waals surface area contributed by atoms with Crippen LogP contribution in [0.25, 0.3) is 11.2 Å². The molecule has 0 N–H and O–H groups in total. The second-order valence-electron chi connectivity index (χ2n) is 7.39. The summed E-state index contributed by atoms with van der Waals surface area (Å²) in [6, 6.07) is 14.4. The number of nitrogens with zero attached hydrogens (tertiary/aromatic N) is 5. The minimum atomic E-state index is 0.534. The van der Waals surface area contributed by atoms with E-state index in [2.05, 4.69) is 32.7 Å². The largest absolute Gasteiger partial charge is 0.497 e. The lowest BCUT2D eigenvalue weighted by Crippen LogP contribution is -2.34. The molecule has 1 saturated heterocycles. The lowest BCUT2D eigenvalue weighted by atomic mass is 9.93. The highest BCUT2D eigenvalue weighted by Crippen LogP contribution is 2.24. The Morgan fingerprint density at radius 2 is 1.96 bits per heavy atom. The van der Waals surface area contributed by atoms with E-state index in [1.54, 1.807) is 7.11 Å². The first-order valence-electron chi connectivity index (χ1n) is 9.79. The maximum absolute atomic E-state index is 8.89. The summed E-state index contributed by atoms with van der Waals surface area (Å²) in [7, 11) is 1.68. The zero-order valence-corrected chi connectivity index (χ0v) is 16.2. The molecule has 0 amide bonds. The highest BCUT2D eigenvalue weighted by molar-refractivity contribution is 5.71. The van der Waals surface area contributed by atoms with Crippen LogP contribution in [-0.4, -0.2) is 46.2 Å².